The van der Waals surface area contributed by atoms with Gasteiger partial charge in [0, 0.05) is 0 Å². The van der Waals surface area contributed by atoms with Crippen LogP contribution in [-0.4, -0.2) is 15.2 Å². The van der Waals surface area contributed by atoms with Crippen molar-refractivity contribution < 1.29 is 5.21 Å². The summed E-state index contributed by atoms with van der Waals surface area (Å²) < 4.78 is 0. The van der Waals surface area contributed by atoms with Gasteiger partial charge >= 0.3 is 0 Å². The quantitative estimate of drug-likeness (QED) is 0.630. The number of benzene rings is 1. The molecule has 0 bridgehead atoms. The summed E-state index contributed by atoms with van der Waals surface area (Å²) in [5.41, 5.74) is 1.98. The van der Waals surface area contributed by atoms with Gasteiger partial charge in [-0.3, -0.25) is 0 Å². The molecule has 0 aliphatic heterocycles. The standard InChI is InChI=1S/C8H6N3O/c1-2-6-3-4-7-8(5-6)11(12)10-9-7/h2-5H,1H2. The Hall–Kier alpha value is -1.84. The summed E-state index contributed by atoms with van der Waals surface area (Å²) >= 11 is 0. The molecule has 0 N–H and O–H groups in total. The number of rotatable bonds is 1. The van der Waals surface area contributed by atoms with Gasteiger partial charge in [0.25, 0.3) is 0 Å². The van der Waals surface area contributed by atoms with Crippen LogP contribution >= 0.6 is 0 Å². The minimum Gasteiger partial charge on any atom is -0.144 e. The number of fused-ring (bicyclic) bond motifs is 1. The topological polar surface area (TPSA) is 50.6 Å². The van der Waals surface area contributed by atoms with Crippen LogP contribution in [0.3, 0.4) is 0 Å². The maximum absolute atomic E-state index is 11.0. The Kier molecular flexibility index (Phi) is 1.33. The predicted octanol–water partition coefficient (Wildman–Crippen LogP) is 1.27. The molecule has 0 aliphatic carbocycles. The van der Waals surface area contributed by atoms with Gasteiger partial charge in [-0.1, -0.05) is 18.7 Å². The molecule has 1 radical (unpaired) electrons. The SMILES string of the molecule is C=Cc1ccc2nnn([O])c2c1. The molecule has 0 atom stereocenters. The number of hydrogen-bond acceptors (Lipinski definition) is 2. The Labute approximate surface area is 68.7 Å². The van der Waals surface area contributed by atoms with E-state index in [0.717, 1.165) is 5.56 Å². The fourth-order valence-corrected chi connectivity index (χ4v) is 1.04. The van der Waals surface area contributed by atoms with Crippen LogP contribution in [0.25, 0.3) is 17.1 Å². The average molecular weight is 160 g/mol. The van der Waals surface area contributed by atoms with Gasteiger partial charge in [0.2, 0.25) is 0 Å². The van der Waals surface area contributed by atoms with Crippen molar-refractivity contribution >= 4 is 17.1 Å². The molecule has 2 rings (SSSR count). The van der Waals surface area contributed by atoms with E-state index in [0.29, 0.717) is 15.9 Å². The molecule has 2 aromatic rings. The first-order valence-electron chi connectivity index (χ1n) is 3.46. The van der Waals surface area contributed by atoms with Gasteiger partial charge in [0.1, 0.15) is 11.0 Å². The van der Waals surface area contributed by atoms with Crippen LogP contribution in [0.4, 0.5) is 0 Å². The summed E-state index contributed by atoms with van der Waals surface area (Å²) in [6, 6.07) is 5.28. The third-order valence-corrected chi connectivity index (χ3v) is 1.67. The Morgan fingerprint density at radius 3 is 3.08 bits per heavy atom. The molecular weight excluding hydrogens is 154 g/mol. The molecule has 4 nitrogen and oxygen atoms in total. The smallest absolute Gasteiger partial charge is 0.136 e. The summed E-state index contributed by atoms with van der Waals surface area (Å²) in [6.07, 6.45) is 1.67. The Bertz CT molecular complexity index is 433. The van der Waals surface area contributed by atoms with Crippen LogP contribution in [0.1, 0.15) is 5.56 Å². The molecule has 0 unspecified atom stereocenters. The highest BCUT2D eigenvalue weighted by Crippen LogP contribution is 2.12. The number of hydrogen-bond donors (Lipinski definition) is 0. The van der Waals surface area contributed by atoms with Gasteiger partial charge in [-0.2, -0.15) is 0 Å². The van der Waals surface area contributed by atoms with E-state index in [1.54, 1.807) is 18.2 Å². The highest BCUT2D eigenvalue weighted by molar-refractivity contribution is 5.76. The first-order chi connectivity index (χ1) is 5.81. The van der Waals surface area contributed by atoms with Crippen molar-refractivity contribution in [1.29, 1.82) is 0 Å². The summed E-state index contributed by atoms with van der Waals surface area (Å²) in [7, 11) is 0. The molecular formula is C8H6N3O. The van der Waals surface area contributed by atoms with Crippen molar-refractivity contribution in [3.8, 4) is 0 Å². The minimum absolute atomic E-state index is 0.479. The van der Waals surface area contributed by atoms with Gasteiger partial charge in [-0.15, -0.1) is 10.3 Å². The summed E-state index contributed by atoms with van der Waals surface area (Å²) in [5.74, 6) is 0. The van der Waals surface area contributed by atoms with Crippen molar-refractivity contribution in [2.75, 3.05) is 0 Å². The van der Waals surface area contributed by atoms with E-state index in [9.17, 15) is 5.21 Å². The van der Waals surface area contributed by atoms with E-state index in [1.807, 2.05) is 6.07 Å². The highest BCUT2D eigenvalue weighted by atomic mass is 16.5. The van der Waals surface area contributed by atoms with Crippen molar-refractivity contribution in [2.24, 2.45) is 0 Å². The molecule has 0 spiro atoms. The van der Waals surface area contributed by atoms with Gasteiger partial charge in [-0.05, 0) is 27.8 Å². The van der Waals surface area contributed by atoms with E-state index in [4.69, 9.17) is 0 Å². The van der Waals surface area contributed by atoms with Crippen LogP contribution < -0.4 is 0 Å². The largest absolute Gasteiger partial charge is 0.144 e. The fourth-order valence-electron chi connectivity index (χ4n) is 1.04. The van der Waals surface area contributed by atoms with Gasteiger partial charge < -0.3 is 0 Å². The Balaban J connectivity index is 2.79. The van der Waals surface area contributed by atoms with Crippen LogP contribution in [0.15, 0.2) is 24.8 Å². The molecule has 0 saturated heterocycles. The van der Waals surface area contributed by atoms with Gasteiger partial charge in [0.15, 0.2) is 0 Å². The van der Waals surface area contributed by atoms with Crippen LogP contribution in [0, 0.1) is 0 Å². The summed E-state index contributed by atoms with van der Waals surface area (Å²) in [5, 5.41) is 18.0. The van der Waals surface area contributed by atoms with Crippen molar-refractivity contribution in [3.63, 3.8) is 0 Å². The predicted molar refractivity (Wildman–Crippen MR) is 43.7 cm³/mol. The molecule has 1 heterocycles. The number of aromatic nitrogens is 3. The molecule has 59 valence electrons. The monoisotopic (exact) mass is 160 g/mol. The Morgan fingerprint density at radius 1 is 1.50 bits per heavy atom. The third kappa shape index (κ3) is 0.852. The first-order valence-corrected chi connectivity index (χ1v) is 3.46. The first kappa shape index (κ1) is 6.84. The van der Waals surface area contributed by atoms with E-state index in [1.165, 1.54) is 0 Å². The van der Waals surface area contributed by atoms with Gasteiger partial charge in [-0.25, -0.2) is 0 Å². The third-order valence-electron chi connectivity index (χ3n) is 1.67. The van der Waals surface area contributed by atoms with Gasteiger partial charge in [0.05, 0.1) is 0 Å². The lowest BCUT2D eigenvalue weighted by Gasteiger charge is -1.90. The number of nitrogens with zero attached hydrogens (tertiary/aromatic N) is 3. The van der Waals surface area contributed by atoms with Crippen molar-refractivity contribution in [3.05, 3.63) is 30.3 Å². The highest BCUT2D eigenvalue weighted by Gasteiger charge is 2.03. The van der Waals surface area contributed by atoms with E-state index in [2.05, 4.69) is 16.9 Å². The second kappa shape index (κ2) is 2.34. The fraction of sp³-hybridized carbons (Fsp3) is 0. The second-order valence-corrected chi connectivity index (χ2v) is 2.41. The molecule has 0 aliphatic rings. The maximum Gasteiger partial charge on any atom is 0.136 e. The molecule has 12 heavy (non-hydrogen) atoms. The zero-order valence-electron chi connectivity index (χ0n) is 6.27. The van der Waals surface area contributed by atoms with Crippen LogP contribution in [0.2, 0.25) is 0 Å². The molecule has 0 fully saturated rings. The van der Waals surface area contributed by atoms with Crippen LogP contribution in [-0.2, 0) is 5.21 Å². The lowest BCUT2D eigenvalue weighted by Crippen LogP contribution is -1.88. The zero-order chi connectivity index (χ0) is 8.55. The minimum atomic E-state index is 0.479. The molecule has 1 aromatic heterocycles. The lowest BCUT2D eigenvalue weighted by molar-refractivity contribution is 0.0651. The average Bonchev–Trinajstić information content (AvgIpc) is 2.47. The Morgan fingerprint density at radius 2 is 2.33 bits per heavy atom. The lowest BCUT2D eigenvalue weighted by atomic mass is 10.2. The molecule has 0 amide bonds. The molecule has 4 heteroatoms. The van der Waals surface area contributed by atoms with Crippen molar-refractivity contribution in [1.82, 2.24) is 15.2 Å². The summed E-state index contributed by atoms with van der Waals surface area (Å²) in [6.45, 7) is 3.60. The van der Waals surface area contributed by atoms with E-state index >= 15 is 0 Å². The maximum atomic E-state index is 11.0. The molecule has 0 saturated carbocycles. The van der Waals surface area contributed by atoms with Crippen LogP contribution in [0.5, 0.6) is 0 Å². The van der Waals surface area contributed by atoms with E-state index in [-0.39, 0.29) is 0 Å². The van der Waals surface area contributed by atoms with E-state index < -0.39 is 0 Å². The molecule has 1 aromatic carbocycles. The van der Waals surface area contributed by atoms with Crippen molar-refractivity contribution in [2.45, 2.75) is 0 Å². The summed E-state index contributed by atoms with van der Waals surface area (Å²) in [4.78, 5) is 0.502. The second-order valence-electron chi connectivity index (χ2n) is 2.41. The zero-order valence-corrected chi connectivity index (χ0v) is 6.27. The normalized spacial score (nSPS) is 10.3.